The van der Waals surface area contributed by atoms with E-state index in [9.17, 15) is 9.18 Å². The van der Waals surface area contributed by atoms with Crippen molar-refractivity contribution in [1.29, 1.82) is 0 Å². The van der Waals surface area contributed by atoms with Gasteiger partial charge >= 0.3 is 0 Å². The Balaban J connectivity index is 0.00000288. The van der Waals surface area contributed by atoms with E-state index in [0.717, 1.165) is 13.1 Å². The molecule has 1 amide bonds. The summed E-state index contributed by atoms with van der Waals surface area (Å²) in [6, 6.07) is 0. The lowest BCUT2D eigenvalue weighted by atomic mass is 10.3. The summed E-state index contributed by atoms with van der Waals surface area (Å²) in [6.45, 7) is 3.05. The van der Waals surface area contributed by atoms with E-state index in [1.165, 1.54) is 17.3 Å². The Kier molecular flexibility index (Phi) is 8.08. The number of amides is 1. The van der Waals surface area contributed by atoms with Crippen molar-refractivity contribution < 1.29 is 9.18 Å². The molecule has 0 aromatic carbocycles. The Morgan fingerprint density at radius 3 is 2.38 bits per heavy atom. The van der Waals surface area contributed by atoms with Gasteiger partial charge in [0.15, 0.2) is 11.8 Å². The van der Waals surface area contributed by atoms with Crippen LogP contribution in [0.2, 0.25) is 0 Å². The number of aromatic nitrogens is 2. The molecule has 0 spiro atoms. The van der Waals surface area contributed by atoms with Gasteiger partial charge in [-0.15, -0.1) is 24.0 Å². The zero-order valence-corrected chi connectivity index (χ0v) is 16.4. The van der Waals surface area contributed by atoms with Crippen molar-refractivity contribution >= 4 is 41.8 Å². The number of halogens is 2. The van der Waals surface area contributed by atoms with E-state index < -0.39 is 5.82 Å². The molecular weight excluding hydrogens is 428 g/mol. The number of rotatable bonds is 3. The van der Waals surface area contributed by atoms with Gasteiger partial charge in [0.25, 0.3) is 0 Å². The van der Waals surface area contributed by atoms with Gasteiger partial charge in [-0.3, -0.25) is 9.79 Å². The molecule has 1 aliphatic heterocycles. The van der Waals surface area contributed by atoms with Crippen molar-refractivity contribution in [2.24, 2.45) is 4.99 Å². The third-order valence-electron chi connectivity index (χ3n) is 3.58. The maximum absolute atomic E-state index is 12.9. The molecule has 24 heavy (non-hydrogen) atoms. The summed E-state index contributed by atoms with van der Waals surface area (Å²) in [5.74, 6) is 0.767. The Hall–Kier alpha value is -1.72. The number of likely N-dealkylation sites (N-methyl/N-ethyl adjacent to an activating group) is 1. The third kappa shape index (κ3) is 5.42. The van der Waals surface area contributed by atoms with E-state index in [1.807, 2.05) is 4.90 Å². The maximum atomic E-state index is 12.9. The van der Waals surface area contributed by atoms with E-state index in [2.05, 4.69) is 25.2 Å². The predicted octanol–water partition coefficient (Wildman–Crippen LogP) is 0.0193. The number of carbonyl (C=O) groups excluding carboxylic acids is 1. The first-order valence-electron chi connectivity index (χ1n) is 7.39. The zero-order chi connectivity index (χ0) is 16.8. The molecule has 1 aromatic rings. The fourth-order valence-electron chi connectivity index (χ4n) is 2.23. The Morgan fingerprint density at radius 2 is 1.88 bits per heavy atom. The van der Waals surface area contributed by atoms with Gasteiger partial charge in [0, 0.05) is 47.3 Å². The van der Waals surface area contributed by atoms with Crippen LogP contribution in [-0.2, 0) is 4.79 Å². The van der Waals surface area contributed by atoms with Gasteiger partial charge in [-0.05, 0) is 0 Å². The van der Waals surface area contributed by atoms with Gasteiger partial charge in [0.1, 0.15) is 0 Å². The third-order valence-corrected chi connectivity index (χ3v) is 3.58. The maximum Gasteiger partial charge on any atom is 0.241 e. The van der Waals surface area contributed by atoms with Crippen LogP contribution in [0.3, 0.4) is 0 Å². The first kappa shape index (κ1) is 20.3. The molecule has 1 aliphatic rings. The highest BCUT2D eigenvalue weighted by Gasteiger charge is 2.21. The smallest absolute Gasteiger partial charge is 0.241 e. The lowest BCUT2D eigenvalue weighted by Gasteiger charge is -2.36. The molecule has 0 radical (unpaired) electrons. The molecular formula is C14H23FIN7O. The monoisotopic (exact) mass is 451 g/mol. The van der Waals surface area contributed by atoms with Gasteiger partial charge in [-0.1, -0.05) is 0 Å². The SMILES string of the molecule is CN=C(NCC(=O)N(C)C)N1CCN(c2ncc(F)cn2)CC1.I. The second-order valence-electron chi connectivity index (χ2n) is 5.36. The summed E-state index contributed by atoms with van der Waals surface area (Å²) in [7, 11) is 5.13. The molecule has 1 N–H and O–H groups in total. The topological polar surface area (TPSA) is 77.0 Å². The molecule has 0 atom stereocenters. The van der Waals surface area contributed by atoms with E-state index in [1.54, 1.807) is 21.1 Å². The van der Waals surface area contributed by atoms with Gasteiger partial charge in [0.05, 0.1) is 18.9 Å². The second kappa shape index (κ2) is 9.55. The van der Waals surface area contributed by atoms with Crippen molar-refractivity contribution in [2.75, 3.05) is 58.8 Å². The molecule has 1 saturated heterocycles. The zero-order valence-electron chi connectivity index (χ0n) is 14.1. The molecule has 1 aromatic heterocycles. The van der Waals surface area contributed by atoms with Crippen molar-refractivity contribution in [1.82, 2.24) is 25.1 Å². The molecule has 134 valence electrons. The number of piperazine rings is 1. The first-order chi connectivity index (χ1) is 11.0. The highest BCUT2D eigenvalue weighted by molar-refractivity contribution is 14.0. The van der Waals surface area contributed by atoms with E-state index in [0.29, 0.717) is 25.0 Å². The number of guanidine groups is 1. The van der Waals surface area contributed by atoms with Crippen molar-refractivity contribution in [3.63, 3.8) is 0 Å². The highest BCUT2D eigenvalue weighted by Crippen LogP contribution is 2.10. The normalized spacial score (nSPS) is 14.9. The fraction of sp³-hybridized carbons (Fsp3) is 0.571. The fourth-order valence-corrected chi connectivity index (χ4v) is 2.23. The molecule has 0 bridgehead atoms. The molecule has 8 nitrogen and oxygen atoms in total. The minimum absolute atomic E-state index is 0. The molecule has 1 fully saturated rings. The highest BCUT2D eigenvalue weighted by atomic mass is 127. The molecule has 2 rings (SSSR count). The van der Waals surface area contributed by atoms with Crippen LogP contribution in [0, 0.1) is 5.82 Å². The number of anilines is 1. The van der Waals surface area contributed by atoms with Crippen LogP contribution in [0.1, 0.15) is 0 Å². The molecule has 2 heterocycles. The minimum atomic E-state index is -0.442. The summed E-state index contributed by atoms with van der Waals surface area (Å²) in [6.07, 6.45) is 2.34. The van der Waals surface area contributed by atoms with E-state index >= 15 is 0 Å². The van der Waals surface area contributed by atoms with Crippen molar-refractivity contribution in [2.45, 2.75) is 0 Å². The van der Waals surface area contributed by atoms with Crippen LogP contribution in [0.5, 0.6) is 0 Å². The molecule has 0 unspecified atom stereocenters. The van der Waals surface area contributed by atoms with Gasteiger partial charge < -0.3 is 20.0 Å². The number of hydrogen-bond donors (Lipinski definition) is 1. The van der Waals surface area contributed by atoms with Crippen molar-refractivity contribution in [3.05, 3.63) is 18.2 Å². The average molecular weight is 451 g/mol. The van der Waals surface area contributed by atoms with E-state index in [4.69, 9.17) is 0 Å². The summed E-state index contributed by atoms with van der Waals surface area (Å²) < 4.78 is 12.9. The predicted molar refractivity (Wildman–Crippen MR) is 101 cm³/mol. The molecule has 0 aliphatic carbocycles. The average Bonchev–Trinajstić information content (AvgIpc) is 2.56. The molecule has 10 heteroatoms. The lowest BCUT2D eigenvalue weighted by molar-refractivity contribution is -0.127. The molecule has 0 saturated carbocycles. The van der Waals surface area contributed by atoms with Crippen LogP contribution >= 0.6 is 24.0 Å². The van der Waals surface area contributed by atoms with Crippen LogP contribution in [-0.4, -0.2) is 85.5 Å². The largest absolute Gasteiger partial charge is 0.347 e. The minimum Gasteiger partial charge on any atom is -0.347 e. The number of nitrogens with one attached hydrogen (secondary N) is 1. The first-order valence-corrected chi connectivity index (χ1v) is 7.39. The van der Waals surface area contributed by atoms with Crippen LogP contribution < -0.4 is 10.2 Å². The summed E-state index contributed by atoms with van der Waals surface area (Å²) in [4.78, 5) is 29.4. The summed E-state index contributed by atoms with van der Waals surface area (Å²) in [5.41, 5.74) is 0. The number of aliphatic imine (C=N–C) groups is 1. The quantitative estimate of drug-likeness (QED) is 0.397. The summed E-state index contributed by atoms with van der Waals surface area (Å²) >= 11 is 0. The Bertz CT molecular complexity index is 559. The second-order valence-corrected chi connectivity index (χ2v) is 5.36. The summed E-state index contributed by atoms with van der Waals surface area (Å²) in [5, 5.41) is 3.07. The lowest BCUT2D eigenvalue weighted by Crippen LogP contribution is -2.54. The van der Waals surface area contributed by atoms with Gasteiger partial charge in [0.2, 0.25) is 11.9 Å². The van der Waals surface area contributed by atoms with Gasteiger partial charge in [-0.25, -0.2) is 14.4 Å². The van der Waals surface area contributed by atoms with Crippen LogP contribution in [0.15, 0.2) is 17.4 Å². The van der Waals surface area contributed by atoms with Crippen molar-refractivity contribution in [3.8, 4) is 0 Å². The van der Waals surface area contributed by atoms with Gasteiger partial charge in [-0.2, -0.15) is 0 Å². The Morgan fingerprint density at radius 1 is 1.29 bits per heavy atom. The van der Waals surface area contributed by atoms with Crippen LogP contribution in [0.25, 0.3) is 0 Å². The number of nitrogens with zero attached hydrogens (tertiary/aromatic N) is 6. The van der Waals surface area contributed by atoms with Crippen LogP contribution in [0.4, 0.5) is 10.3 Å². The van der Waals surface area contributed by atoms with E-state index in [-0.39, 0.29) is 36.4 Å². The number of hydrogen-bond acceptors (Lipinski definition) is 5. The standard InChI is InChI=1S/C14H22FN7O.HI/c1-16-13(19-10-12(23)20(2)3)21-4-6-22(7-5-21)14-17-8-11(15)9-18-14;/h8-9H,4-7,10H2,1-3H3,(H,16,19);1H. The number of carbonyl (C=O) groups is 1. The Labute approximate surface area is 158 Å².